The summed E-state index contributed by atoms with van der Waals surface area (Å²) in [5.74, 6) is 1.07. The Hall–Kier alpha value is -2.72. The first-order valence-corrected chi connectivity index (χ1v) is 10.2. The second-order valence-corrected chi connectivity index (χ2v) is 7.09. The summed E-state index contributed by atoms with van der Waals surface area (Å²) in [6, 6.07) is 5.49. The van der Waals surface area contributed by atoms with Crippen molar-refractivity contribution in [1.82, 2.24) is 0 Å². The molecule has 2 rings (SSSR count). The zero-order valence-electron chi connectivity index (χ0n) is 17.0. The molecule has 1 N–H and O–H groups in total. The van der Waals surface area contributed by atoms with Crippen molar-refractivity contribution in [2.24, 2.45) is 0 Å². The van der Waals surface area contributed by atoms with Crippen LogP contribution in [0, 0.1) is 18.3 Å². The molecular weight excluding hydrogens is 376 g/mol. The SMILES string of the molecule is CCOc1cc(C(=O)Nc2sc(C)c(CC)c2C#N)cc(OCC)c1OCC. The van der Waals surface area contributed by atoms with Gasteiger partial charge in [-0.3, -0.25) is 4.79 Å². The number of carbonyl (C=O) groups is 1. The van der Waals surface area contributed by atoms with Crippen molar-refractivity contribution in [3.05, 3.63) is 33.7 Å². The van der Waals surface area contributed by atoms with Gasteiger partial charge in [0.25, 0.3) is 5.91 Å². The number of rotatable bonds is 9. The van der Waals surface area contributed by atoms with Crippen molar-refractivity contribution in [1.29, 1.82) is 5.26 Å². The predicted molar refractivity (Wildman–Crippen MR) is 111 cm³/mol. The second kappa shape index (κ2) is 10.00. The number of thiophene rings is 1. The van der Waals surface area contributed by atoms with Gasteiger partial charge < -0.3 is 19.5 Å². The third kappa shape index (κ3) is 4.57. The molecule has 1 heterocycles. The minimum Gasteiger partial charge on any atom is -0.490 e. The quantitative estimate of drug-likeness (QED) is 0.643. The van der Waals surface area contributed by atoms with E-state index in [9.17, 15) is 10.1 Å². The fourth-order valence-corrected chi connectivity index (χ4v) is 4.00. The van der Waals surface area contributed by atoms with Gasteiger partial charge in [0.05, 0.1) is 25.4 Å². The zero-order chi connectivity index (χ0) is 20.7. The summed E-state index contributed by atoms with van der Waals surface area (Å²) >= 11 is 1.41. The number of anilines is 1. The van der Waals surface area contributed by atoms with Gasteiger partial charge in [0.1, 0.15) is 11.1 Å². The van der Waals surface area contributed by atoms with Crippen molar-refractivity contribution >= 4 is 22.2 Å². The Kier molecular flexibility index (Phi) is 7.70. The summed E-state index contributed by atoms with van der Waals surface area (Å²) < 4.78 is 17.0. The van der Waals surface area contributed by atoms with E-state index in [0.717, 1.165) is 16.9 Å². The van der Waals surface area contributed by atoms with Gasteiger partial charge >= 0.3 is 0 Å². The first kappa shape index (κ1) is 21.6. The van der Waals surface area contributed by atoms with Crippen LogP contribution in [-0.2, 0) is 6.42 Å². The molecule has 0 spiro atoms. The molecule has 0 unspecified atom stereocenters. The summed E-state index contributed by atoms with van der Waals surface area (Å²) in [4.78, 5) is 13.9. The Morgan fingerprint density at radius 3 is 2.11 bits per heavy atom. The number of hydrogen-bond donors (Lipinski definition) is 1. The smallest absolute Gasteiger partial charge is 0.256 e. The number of hydrogen-bond acceptors (Lipinski definition) is 6. The maximum absolute atomic E-state index is 12.9. The molecule has 6 nitrogen and oxygen atoms in total. The molecule has 0 saturated carbocycles. The fraction of sp³-hybridized carbons (Fsp3) is 0.429. The minimum atomic E-state index is -0.328. The van der Waals surface area contributed by atoms with Gasteiger partial charge in [-0.1, -0.05) is 6.92 Å². The minimum absolute atomic E-state index is 0.328. The lowest BCUT2D eigenvalue weighted by Crippen LogP contribution is -2.13. The Bertz CT molecular complexity index is 856. The lowest BCUT2D eigenvalue weighted by Gasteiger charge is -2.17. The maximum Gasteiger partial charge on any atom is 0.256 e. The molecule has 1 aromatic heterocycles. The van der Waals surface area contributed by atoms with Crippen molar-refractivity contribution in [3.63, 3.8) is 0 Å². The van der Waals surface area contributed by atoms with Crippen LogP contribution in [-0.4, -0.2) is 25.7 Å². The molecule has 2 aromatic rings. The van der Waals surface area contributed by atoms with Crippen molar-refractivity contribution in [2.75, 3.05) is 25.1 Å². The van der Waals surface area contributed by atoms with Crippen molar-refractivity contribution < 1.29 is 19.0 Å². The monoisotopic (exact) mass is 402 g/mol. The van der Waals surface area contributed by atoms with Crippen LogP contribution in [0.4, 0.5) is 5.00 Å². The first-order chi connectivity index (χ1) is 13.5. The van der Waals surface area contributed by atoms with Gasteiger partial charge in [-0.25, -0.2) is 0 Å². The summed E-state index contributed by atoms with van der Waals surface area (Å²) in [5, 5.41) is 12.9. The average Bonchev–Trinajstić information content (AvgIpc) is 2.98. The van der Waals surface area contributed by atoms with Crippen molar-refractivity contribution in [2.45, 2.75) is 41.0 Å². The predicted octanol–water partition coefficient (Wildman–Crippen LogP) is 4.94. The van der Waals surface area contributed by atoms with Crippen LogP contribution >= 0.6 is 11.3 Å². The standard InChI is InChI=1S/C21H26N2O4S/c1-6-15-13(5)28-21(16(15)12-22)23-20(24)14-10-17(25-7-2)19(27-9-4)18(11-14)26-8-3/h10-11H,6-9H2,1-5H3,(H,23,24). The number of nitrogens with zero attached hydrogens (tertiary/aromatic N) is 1. The van der Waals surface area contributed by atoms with Gasteiger partial charge in [0, 0.05) is 10.4 Å². The molecule has 0 bridgehead atoms. The van der Waals surface area contributed by atoms with E-state index < -0.39 is 0 Å². The van der Waals surface area contributed by atoms with Gasteiger partial charge in [-0.15, -0.1) is 11.3 Å². The van der Waals surface area contributed by atoms with Crippen LogP contribution in [0.25, 0.3) is 0 Å². The molecule has 0 aliphatic heterocycles. The topological polar surface area (TPSA) is 80.6 Å². The summed E-state index contributed by atoms with van der Waals surface area (Å²) in [6.45, 7) is 10.9. The fourth-order valence-electron chi connectivity index (χ4n) is 2.91. The van der Waals surface area contributed by atoms with E-state index in [-0.39, 0.29) is 5.91 Å². The van der Waals surface area contributed by atoms with Crippen LogP contribution in [0.5, 0.6) is 17.2 Å². The molecule has 0 atom stereocenters. The van der Waals surface area contributed by atoms with Gasteiger partial charge in [-0.2, -0.15) is 5.26 Å². The second-order valence-electron chi connectivity index (χ2n) is 5.86. The highest BCUT2D eigenvalue weighted by atomic mass is 32.1. The van der Waals surface area contributed by atoms with E-state index in [0.29, 0.717) is 53.2 Å². The Balaban J connectivity index is 2.44. The van der Waals surface area contributed by atoms with Crippen LogP contribution < -0.4 is 19.5 Å². The van der Waals surface area contributed by atoms with Gasteiger partial charge in [0.15, 0.2) is 11.5 Å². The van der Waals surface area contributed by atoms with E-state index in [1.54, 1.807) is 12.1 Å². The van der Waals surface area contributed by atoms with E-state index in [1.807, 2.05) is 34.6 Å². The molecule has 1 amide bonds. The molecular formula is C21H26N2O4S. The third-order valence-electron chi connectivity index (χ3n) is 4.07. The zero-order valence-corrected chi connectivity index (χ0v) is 17.8. The summed E-state index contributed by atoms with van der Waals surface area (Å²) in [7, 11) is 0. The van der Waals surface area contributed by atoms with Crippen LogP contribution in [0.3, 0.4) is 0 Å². The highest BCUT2D eigenvalue weighted by Gasteiger charge is 2.21. The summed E-state index contributed by atoms with van der Waals surface area (Å²) in [5.41, 5.74) is 1.88. The van der Waals surface area contributed by atoms with Crippen LogP contribution in [0.1, 0.15) is 54.1 Å². The Morgan fingerprint density at radius 2 is 1.64 bits per heavy atom. The molecule has 28 heavy (non-hydrogen) atoms. The highest BCUT2D eigenvalue weighted by Crippen LogP contribution is 2.40. The highest BCUT2D eigenvalue weighted by molar-refractivity contribution is 7.16. The average molecular weight is 403 g/mol. The number of amides is 1. The largest absolute Gasteiger partial charge is 0.490 e. The maximum atomic E-state index is 12.9. The van der Waals surface area contributed by atoms with E-state index in [1.165, 1.54) is 11.3 Å². The van der Waals surface area contributed by atoms with Gasteiger partial charge in [-0.05, 0) is 51.8 Å². The van der Waals surface area contributed by atoms with Crippen LogP contribution in [0.15, 0.2) is 12.1 Å². The number of aryl methyl sites for hydroxylation is 1. The normalized spacial score (nSPS) is 10.3. The molecule has 0 radical (unpaired) electrons. The lowest BCUT2D eigenvalue weighted by atomic mass is 10.1. The van der Waals surface area contributed by atoms with Gasteiger partial charge in [0.2, 0.25) is 5.75 Å². The van der Waals surface area contributed by atoms with Crippen molar-refractivity contribution in [3.8, 4) is 23.3 Å². The van der Waals surface area contributed by atoms with E-state index in [2.05, 4.69) is 11.4 Å². The molecule has 0 saturated heterocycles. The van der Waals surface area contributed by atoms with Crippen LogP contribution in [0.2, 0.25) is 0 Å². The number of nitriles is 1. The molecule has 0 aliphatic carbocycles. The molecule has 7 heteroatoms. The van der Waals surface area contributed by atoms with E-state index >= 15 is 0 Å². The number of benzene rings is 1. The number of ether oxygens (including phenoxy) is 3. The third-order valence-corrected chi connectivity index (χ3v) is 5.14. The molecule has 0 aliphatic rings. The first-order valence-electron chi connectivity index (χ1n) is 9.40. The molecule has 1 aromatic carbocycles. The lowest BCUT2D eigenvalue weighted by molar-refractivity contribution is 0.102. The van der Waals surface area contributed by atoms with E-state index in [4.69, 9.17) is 14.2 Å². The summed E-state index contributed by atoms with van der Waals surface area (Å²) in [6.07, 6.45) is 0.743. The number of nitrogens with one attached hydrogen (secondary N) is 1. The molecule has 150 valence electrons. The molecule has 0 fully saturated rings. The Labute approximate surface area is 170 Å². The number of carbonyl (C=O) groups excluding carboxylic acids is 1. The Morgan fingerprint density at radius 1 is 1.07 bits per heavy atom.